The molecule has 5 nitrogen and oxygen atoms in total. The molecule has 0 amide bonds. The van der Waals surface area contributed by atoms with Crippen LogP contribution >= 0.6 is 0 Å². The molecule has 2 rings (SSSR count). The Morgan fingerprint density at radius 3 is 2.71 bits per heavy atom. The van der Waals surface area contributed by atoms with Gasteiger partial charge in [0.15, 0.2) is 6.29 Å². The van der Waals surface area contributed by atoms with Crippen molar-refractivity contribution in [1.82, 2.24) is 0 Å². The van der Waals surface area contributed by atoms with Crippen LogP contribution < -0.4 is 0 Å². The number of fused-ring (bicyclic) bond motifs is 1. The second-order valence-electron chi connectivity index (χ2n) is 3.10. The maximum absolute atomic E-state index is 10.7. The van der Waals surface area contributed by atoms with E-state index in [9.17, 15) is 14.7 Å². The van der Waals surface area contributed by atoms with E-state index in [1.54, 1.807) is 0 Å². The summed E-state index contributed by atoms with van der Waals surface area (Å²) < 4.78 is 9.86. The number of carbonyl (C=O) groups excluding carboxylic acids is 2. The lowest BCUT2D eigenvalue weighted by Crippen LogP contribution is -2.32. The van der Waals surface area contributed by atoms with Crippen LogP contribution in [0.3, 0.4) is 0 Å². The summed E-state index contributed by atoms with van der Waals surface area (Å²) in [6.07, 6.45) is 3.57. The number of hydrogen-bond acceptors (Lipinski definition) is 5. The maximum atomic E-state index is 10.7. The molecule has 0 saturated carbocycles. The predicted molar refractivity (Wildman–Crippen MR) is 44.1 cm³/mol. The summed E-state index contributed by atoms with van der Waals surface area (Å²) in [4.78, 5) is 21.2. The summed E-state index contributed by atoms with van der Waals surface area (Å²) in [7, 11) is 1.31. The van der Waals surface area contributed by atoms with Crippen molar-refractivity contribution >= 4 is 12.6 Å². The maximum Gasteiger partial charge on any atom is 0.261 e. The summed E-state index contributed by atoms with van der Waals surface area (Å²) in [5.74, 6) is -3.09. The van der Waals surface area contributed by atoms with Crippen molar-refractivity contribution < 1.29 is 24.2 Å². The SMILES string of the molecule is COC12OC1(O)C=C(C=O)C=C2C=O. The minimum Gasteiger partial charge on any atom is -0.358 e. The molecular formula is C9H8O5. The quantitative estimate of drug-likeness (QED) is 0.477. The molecule has 2 aliphatic rings. The first-order chi connectivity index (χ1) is 6.62. The van der Waals surface area contributed by atoms with Crippen molar-refractivity contribution in [1.29, 1.82) is 0 Å². The normalized spacial score (nSPS) is 39.3. The van der Waals surface area contributed by atoms with Crippen LogP contribution in [0.1, 0.15) is 0 Å². The lowest BCUT2D eigenvalue weighted by molar-refractivity contribution is -0.107. The Labute approximate surface area is 79.6 Å². The van der Waals surface area contributed by atoms with Crippen molar-refractivity contribution in [2.24, 2.45) is 0 Å². The molecule has 14 heavy (non-hydrogen) atoms. The number of hydrogen-bond donors (Lipinski definition) is 1. The van der Waals surface area contributed by atoms with Crippen molar-refractivity contribution in [2.45, 2.75) is 11.6 Å². The van der Waals surface area contributed by atoms with E-state index in [2.05, 4.69) is 0 Å². The number of carbonyl (C=O) groups is 2. The Bertz CT molecular complexity index is 369. The minimum absolute atomic E-state index is 0.104. The van der Waals surface area contributed by atoms with Crippen LogP contribution in [0.4, 0.5) is 0 Å². The van der Waals surface area contributed by atoms with Crippen LogP contribution in [0.15, 0.2) is 23.3 Å². The van der Waals surface area contributed by atoms with E-state index >= 15 is 0 Å². The van der Waals surface area contributed by atoms with Gasteiger partial charge < -0.3 is 9.84 Å². The molecule has 2 unspecified atom stereocenters. The van der Waals surface area contributed by atoms with Gasteiger partial charge in [0.05, 0.1) is 5.57 Å². The van der Waals surface area contributed by atoms with Crippen LogP contribution in [-0.4, -0.2) is 36.4 Å². The van der Waals surface area contributed by atoms with Crippen molar-refractivity contribution in [3.8, 4) is 0 Å². The third-order valence-electron chi connectivity index (χ3n) is 2.34. The smallest absolute Gasteiger partial charge is 0.261 e. The third-order valence-corrected chi connectivity index (χ3v) is 2.34. The summed E-state index contributed by atoms with van der Waals surface area (Å²) >= 11 is 0. The lowest BCUT2D eigenvalue weighted by atomic mass is 9.96. The van der Waals surface area contributed by atoms with Crippen LogP contribution in [-0.2, 0) is 19.1 Å². The molecule has 0 spiro atoms. The van der Waals surface area contributed by atoms with Crippen molar-refractivity contribution in [2.75, 3.05) is 7.11 Å². The number of aldehydes is 2. The Morgan fingerprint density at radius 2 is 2.21 bits per heavy atom. The first-order valence-corrected chi connectivity index (χ1v) is 3.95. The second-order valence-corrected chi connectivity index (χ2v) is 3.10. The molecule has 0 aromatic heterocycles. The van der Waals surface area contributed by atoms with Gasteiger partial charge >= 0.3 is 0 Å². The Kier molecular flexibility index (Phi) is 1.72. The molecule has 2 atom stereocenters. The average molecular weight is 196 g/mol. The third kappa shape index (κ3) is 0.886. The van der Waals surface area contributed by atoms with Crippen molar-refractivity contribution in [3.63, 3.8) is 0 Å². The number of methoxy groups -OCH3 is 1. The Morgan fingerprint density at radius 1 is 1.50 bits per heavy atom. The van der Waals surface area contributed by atoms with Crippen LogP contribution in [0, 0.1) is 0 Å². The zero-order valence-corrected chi connectivity index (χ0v) is 7.39. The first-order valence-electron chi connectivity index (χ1n) is 3.95. The molecule has 1 saturated heterocycles. The van der Waals surface area contributed by atoms with Gasteiger partial charge in [-0.2, -0.15) is 0 Å². The molecular weight excluding hydrogens is 188 g/mol. The molecule has 1 N–H and O–H groups in total. The highest BCUT2D eigenvalue weighted by atomic mass is 16.9. The number of allylic oxidation sites excluding steroid dienone is 2. The molecule has 5 heteroatoms. The molecule has 0 aromatic carbocycles. The zero-order valence-electron chi connectivity index (χ0n) is 7.39. The standard InChI is InChI=1S/C9H8O5/c1-13-9-7(5-11)2-6(4-10)3-8(9,12)14-9/h2-5,12H,1H3. The van der Waals surface area contributed by atoms with Gasteiger partial charge in [0.2, 0.25) is 0 Å². The molecule has 0 bridgehead atoms. The average Bonchev–Trinajstić information content (AvgIpc) is 2.82. The van der Waals surface area contributed by atoms with E-state index in [1.807, 2.05) is 0 Å². The number of epoxide rings is 1. The number of aliphatic hydroxyl groups is 1. The van der Waals surface area contributed by atoms with Gasteiger partial charge in [-0.05, 0) is 12.2 Å². The summed E-state index contributed by atoms with van der Waals surface area (Å²) in [6.45, 7) is 0. The largest absolute Gasteiger partial charge is 0.358 e. The Hall–Kier alpha value is -1.30. The van der Waals surface area contributed by atoms with Crippen LogP contribution in [0.5, 0.6) is 0 Å². The predicted octanol–water partition coefficient (Wildman–Crippen LogP) is -0.688. The molecule has 1 heterocycles. The van der Waals surface area contributed by atoms with Gasteiger partial charge in [-0.15, -0.1) is 0 Å². The number of ether oxygens (including phenoxy) is 2. The van der Waals surface area contributed by atoms with Gasteiger partial charge in [-0.3, -0.25) is 14.3 Å². The molecule has 0 aromatic rings. The van der Waals surface area contributed by atoms with E-state index in [-0.39, 0.29) is 11.1 Å². The number of rotatable bonds is 3. The van der Waals surface area contributed by atoms with Gasteiger partial charge in [0.25, 0.3) is 11.6 Å². The fourth-order valence-corrected chi connectivity index (χ4v) is 1.61. The molecule has 74 valence electrons. The van der Waals surface area contributed by atoms with Gasteiger partial charge in [0, 0.05) is 12.7 Å². The van der Waals surface area contributed by atoms with Gasteiger partial charge in [0.1, 0.15) is 6.29 Å². The fraction of sp³-hybridized carbons (Fsp3) is 0.333. The van der Waals surface area contributed by atoms with Gasteiger partial charge in [-0.25, -0.2) is 0 Å². The summed E-state index contributed by atoms with van der Waals surface area (Å²) in [5, 5.41) is 9.72. The highest BCUT2D eigenvalue weighted by Crippen LogP contribution is 2.54. The van der Waals surface area contributed by atoms with Crippen LogP contribution in [0.2, 0.25) is 0 Å². The molecule has 0 radical (unpaired) electrons. The monoisotopic (exact) mass is 196 g/mol. The Balaban J connectivity index is 2.48. The topological polar surface area (TPSA) is 76.1 Å². The minimum atomic E-state index is -1.68. The lowest BCUT2D eigenvalue weighted by Gasteiger charge is -2.15. The van der Waals surface area contributed by atoms with E-state index in [0.29, 0.717) is 12.6 Å². The highest BCUT2D eigenvalue weighted by molar-refractivity contribution is 5.87. The second kappa shape index (κ2) is 2.60. The van der Waals surface area contributed by atoms with E-state index in [0.717, 1.165) is 0 Å². The highest BCUT2D eigenvalue weighted by Gasteiger charge is 2.73. The molecule has 1 fully saturated rings. The summed E-state index contributed by atoms with van der Waals surface area (Å²) in [5.41, 5.74) is 0.298. The van der Waals surface area contributed by atoms with Gasteiger partial charge in [-0.1, -0.05) is 0 Å². The van der Waals surface area contributed by atoms with Crippen molar-refractivity contribution in [3.05, 3.63) is 23.3 Å². The van der Waals surface area contributed by atoms with Crippen LogP contribution in [0.25, 0.3) is 0 Å². The van der Waals surface area contributed by atoms with E-state index < -0.39 is 11.6 Å². The molecule has 1 aliphatic carbocycles. The zero-order chi connectivity index (χ0) is 10.4. The first kappa shape index (κ1) is 9.26. The van der Waals surface area contributed by atoms with E-state index in [4.69, 9.17) is 9.47 Å². The van der Waals surface area contributed by atoms with E-state index in [1.165, 1.54) is 19.3 Å². The molecule has 1 aliphatic heterocycles. The fourth-order valence-electron chi connectivity index (χ4n) is 1.61. The summed E-state index contributed by atoms with van der Waals surface area (Å²) in [6, 6.07) is 0.